The summed E-state index contributed by atoms with van der Waals surface area (Å²) >= 11 is 0. The van der Waals surface area contributed by atoms with Gasteiger partial charge in [-0.25, -0.2) is 9.59 Å². The van der Waals surface area contributed by atoms with E-state index < -0.39 is 120 Å². The van der Waals surface area contributed by atoms with E-state index in [0.717, 1.165) is 12.6 Å². The van der Waals surface area contributed by atoms with Crippen LogP contribution in [0.3, 0.4) is 0 Å². The van der Waals surface area contributed by atoms with Gasteiger partial charge in [0, 0.05) is 33.0 Å². The summed E-state index contributed by atoms with van der Waals surface area (Å²) in [5.74, 6) is -15.2. The number of carbonyl (C=O) groups excluding carboxylic acids is 8. The quantitative estimate of drug-likeness (QED) is 0.0268. The number of allylic oxidation sites excluding steroid dienone is 2. The molecule has 10 unspecified atom stereocenters. The van der Waals surface area contributed by atoms with Gasteiger partial charge in [0.25, 0.3) is 0 Å². The smallest absolute Gasteiger partial charge is 0.327 e. The van der Waals surface area contributed by atoms with Crippen LogP contribution < -0.4 is 43.4 Å². The highest BCUT2D eigenvalue weighted by Crippen LogP contribution is 2.19. The number of benzene rings is 1. The SMILES string of the molecule is COC(Cc1ccccc1)C(C)C=C(C)C=CC1NC(=O)C(CCCN=C(N)N)NC(=O)C(C)C(C(=O)O)NC(=O)C(CC(C)C)NC(=O)C(C)NC(=O)C(=O)N(C)C(=O)CCC(C(=O)O)NC(=O)C1C. The lowest BCUT2D eigenvalue weighted by Gasteiger charge is -2.28. The summed E-state index contributed by atoms with van der Waals surface area (Å²) in [4.78, 5) is 138. The van der Waals surface area contributed by atoms with Crippen molar-refractivity contribution in [3.05, 3.63) is 59.7 Å². The summed E-state index contributed by atoms with van der Waals surface area (Å²) in [6.07, 6.45) is 4.19. The van der Waals surface area contributed by atoms with Crippen molar-refractivity contribution >= 4 is 65.2 Å². The Morgan fingerprint density at radius 3 is 2.00 bits per heavy atom. The molecule has 8 amide bonds. The van der Waals surface area contributed by atoms with Gasteiger partial charge in [-0.3, -0.25) is 48.2 Å². The number of methoxy groups -OCH3 is 1. The van der Waals surface area contributed by atoms with Crippen LogP contribution in [-0.2, 0) is 59.1 Å². The number of nitrogens with two attached hydrogens (primary N) is 2. The number of ether oxygens (including phenoxy) is 1. The van der Waals surface area contributed by atoms with Crippen LogP contribution in [0, 0.1) is 23.7 Å². The Morgan fingerprint density at radius 1 is 0.817 bits per heavy atom. The molecule has 12 N–H and O–H groups in total. The van der Waals surface area contributed by atoms with Crippen LogP contribution in [0.5, 0.6) is 0 Å². The van der Waals surface area contributed by atoms with Crippen molar-refractivity contribution in [1.29, 1.82) is 0 Å². The summed E-state index contributed by atoms with van der Waals surface area (Å²) < 4.78 is 5.80. The molecule has 1 aliphatic rings. The molecule has 0 radical (unpaired) electrons. The summed E-state index contributed by atoms with van der Waals surface area (Å²) in [5.41, 5.74) is 12.7. The highest BCUT2D eigenvalue weighted by molar-refractivity contribution is 6.37. The van der Waals surface area contributed by atoms with E-state index in [0.29, 0.717) is 16.9 Å². The van der Waals surface area contributed by atoms with Crippen LogP contribution in [0.15, 0.2) is 59.1 Å². The number of carboxylic acid groups (broad SMARTS) is 2. The highest BCUT2D eigenvalue weighted by atomic mass is 16.5. The number of guanidine groups is 1. The molecule has 1 saturated heterocycles. The van der Waals surface area contributed by atoms with Gasteiger partial charge in [-0.15, -0.1) is 0 Å². The number of carbonyl (C=O) groups is 10. The minimum Gasteiger partial charge on any atom is -0.480 e. The molecular formula is C48H72N10O13. The van der Waals surface area contributed by atoms with E-state index in [1.165, 1.54) is 26.8 Å². The first kappa shape index (κ1) is 60.0. The maximum Gasteiger partial charge on any atom is 0.327 e. The van der Waals surface area contributed by atoms with Crippen LogP contribution in [0.1, 0.15) is 86.1 Å². The van der Waals surface area contributed by atoms with Gasteiger partial charge in [0.05, 0.1) is 24.0 Å². The van der Waals surface area contributed by atoms with Gasteiger partial charge in [0.2, 0.25) is 35.4 Å². The molecule has 1 aliphatic heterocycles. The van der Waals surface area contributed by atoms with Crippen molar-refractivity contribution in [3.8, 4) is 0 Å². The molecule has 0 bridgehead atoms. The second-order valence-corrected chi connectivity index (χ2v) is 18.1. The molecule has 392 valence electrons. The monoisotopic (exact) mass is 997 g/mol. The molecule has 0 aromatic heterocycles. The summed E-state index contributed by atoms with van der Waals surface area (Å²) in [6.45, 7) is 10.9. The molecular weight excluding hydrogens is 925 g/mol. The Kier molecular flexibility index (Phi) is 24.6. The second kappa shape index (κ2) is 29.1. The topological polar surface area (TPSA) is 360 Å². The number of hydrogen-bond acceptors (Lipinski definition) is 12. The van der Waals surface area contributed by atoms with E-state index in [2.05, 4.69) is 36.9 Å². The maximum absolute atomic E-state index is 14.4. The standard InChI is InChI=1S/C48H72N10O13/c1-25(2)22-35-43(64)57-38(47(69)70)29(6)40(61)54-33(16-13-21-51-48(49)50)42(63)53-32(18-17-26(3)23-27(4)36(71-9)24-31-14-11-10-12-15-31)28(5)39(60)55-34(46(67)68)19-20-37(59)58(8)45(66)44(65)52-30(7)41(62)56-35/h10-12,14-15,17-18,23,25,27-30,32-36,38H,13,16,19-22,24H2,1-9H3,(H,52,65)(H,53,63)(H,54,61)(H,55,60)(H,56,62)(H,57,64)(H,67,68)(H,69,70)(H4,49,50,51). The lowest BCUT2D eigenvalue weighted by atomic mass is 9.94. The molecule has 1 fully saturated rings. The predicted octanol–water partition coefficient (Wildman–Crippen LogP) is -0.369. The molecule has 0 spiro atoms. The summed E-state index contributed by atoms with van der Waals surface area (Å²) in [6, 6.07) is 0.561. The average molecular weight is 997 g/mol. The molecule has 0 aliphatic carbocycles. The Labute approximate surface area is 413 Å². The molecule has 71 heavy (non-hydrogen) atoms. The molecule has 10 atom stereocenters. The fourth-order valence-corrected chi connectivity index (χ4v) is 7.40. The predicted molar refractivity (Wildman–Crippen MR) is 260 cm³/mol. The first-order chi connectivity index (χ1) is 33.3. The average Bonchev–Trinajstić information content (AvgIpc) is 3.31. The van der Waals surface area contributed by atoms with Crippen LogP contribution in [0.2, 0.25) is 0 Å². The molecule has 2 rings (SSSR count). The maximum atomic E-state index is 14.4. The minimum absolute atomic E-state index is 0.0106. The van der Waals surface area contributed by atoms with Crippen molar-refractivity contribution in [3.63, 3.8) is 0 Å². The zero-order valence-corrected chi connectivity index (χ0v) is 41.9. The van der Waals surface area contributed by atoms with Gasteiger partial charge in [0.15, 0.2) is 5.96 Å². The van der Waals surface area contributed by atoms with E-state index in [1.54, 1.807) is 34.0 Å². The number of imide groups is 1. The Hall–Kier alpha value is -7.17. The van der Waals surface area contributed by atoms with Crippen molar-refractivity contribution in [2.45, 2.75) is 129 Å². The van der Waals surface area contributed by atoms with E-state index in [-0.39, 0.29) is 49.7 Å². The van der Waals surface area contributed by atoms with Gasteiger partial charge in [0.1, 0.15) is 30.2 Å². The van der Waals surface area contributed by atoms with E-state index in [1.807, 2.05) is 43.3 Å². The van der Waals surface area contributed by atoms with Crippen LogP contribution in [0.25, 0.3) is 0 Å². The number of aliphatic carboxylic acids is 2. The third kappa shape index (κ3) is 20.0. The third-order valence-corrected chi connectivity index (χ3v) is 11.8. The van der Waals surface area contributed by atoms with Gasteiger partial charge >= 0.3 is 23.8 Å². The number of hydrogen-bond donors (Lipinski definition) is 10. The van der Waals surface area contributed by atoms with Crippen LogP contribution in [0.4, 0.5) is 0 Å². The highest BCUT2D eigenvalue weighted by Gasteiger charge is 2.38. The zero-order chi connectivity index (χ0) is 53.7. The van der Waals surface area contributed by atoms with E-state index in [9.17, 15) is 58.2 Å². The molecule has 1 aromatic rings. The number of rotatable bonds is 15. The Balaban J connectivity index is 2.73. The number of carboxylic acids is 2. The molecule has 0 saturated carbocycles. The molecule has 23 heteroatoms. The number of aliphatic imine (C=N–C) groups is 1. The van der Waals surface area contributed by atoms with Crippen molar-refractivity contribution < 1.29 is 62.9 Å². The zero-order valence-electron chi connectivity index (χ0n) is 41.9. The lowest BCUT2D eigenvalue weighted by molar-refractivity contribution is -0.152. The number of amides is 8. The number of nitrogens with one attached hydrogen (secondary N) is 6. The fourth-order valence-electron chi connectivity index (χ4n) is 7.40. The number of nitrogens with zero attached hydrogens (tertiary/aromatic N) is 2. The number of likely N-dealkylation sites (N-methyl/N-ethyl adjacent to an activating group) is 1. The minimum atomic E-state index is -1.92. The van der Waals surface area contributed by atoms with Gasteiger partial charge < -0.3 is 58.3 Å². The van der Waals surface area contributed by atoms with Crippen molar-refractivity contribution in [2.24, 2.45) is 40.1 Å². The van der Waals surface area contributed by atoms with Crippen LogP contribution in [-0.4, -0.2) is 143 Å². The first-order valence-electron chi connectivity index (χ1n) is 23.3. The lowest BCUT2D eigenvalue weighted by Crippen LogP contribution is -2.59. The normalized spacial score (nSPS) is 25.3. The Morgan fingerprint density at radius 2 is 1.42 bits per heavy atom. The third-order valence-electron chi connectivity index (χ3n) is 11.8. The molecule has 23 nitrogen and oxygen atoms in total. The van der Waals surface area contributed by atoms with Gasteiger partial charge in [-0.2, -0.15) is 0 Å². The first-order valence-corrected chi connectivity index (χ1v) is 23.3. The summed E-state index contributed by atoms with van der Waals surface area (Å²) in [7, 11) is 2.56. The molecule has 1 heterocycles. The van der Waals surface area contributed by atoms with Gasteiger partial charge in [-0.1, -0.05) is 88.8 Å². The second-order valence-electron chi connectivity index (χ2n) is 18.1. The van der Waals surface area contributed by atoms with E-state index in [4.69, 9.17) is 16.2 Å². The van der Waals surface area contributed by atoms with Crippen molar-refractivity contribution in [2.75, 3.05) is 20.7 Å². The van der Waals surface area contributed by atoms with Crippen molar-refractivity contribution in [1.82, 2.24) is 36.8 Å². The van der Waals surface area contributed by atoms with E-state index >= 15 is 0 Å². The largest absolute Gasteiger partial charge is 0.480 e. The van der Waals surface area contributed by atoms with Gasteiger partial charge in [-0.05, 0) is 57.4 Å². The molecule has 1 aromatic carbocycles. The Bertz CT molecular complexity index is 2160. The summed E-state index contributed by atoms with van der Waals surface area (Å²) in [5, 5.41) is 34.9. The van der Waals surface area contributed by atoms with Crippen LogP contribution >= 0.6 is 0 Å². The fraction of sp³-hybridized carbons (Fsp3) is 0.562.